The number of nitrogens with zero attached hydrogens (tertiary/aromatic N) is 3. The molecule has 1 aliphatic heterocycles. The van der Waals surface area contributed by atoms with Crippen molar-refractivity contribution in [3.8, 4) is 17.2 Å². The van der Waals surface area contributed by atoms with Crippen molar-refractivity contribution in [2.24, 2.45) is 0 Å². The van der Waals surface area contributed by atoms with Crippen LogP contribution in [-0.2, 0) is 6.54 Å². The molecule has 2 N–H and O–H groups in total. The van der Waals surface area contributed by atoms with Crippen LogP contribution in [0.25, 0.3) is 0 Å². The zero-order valence-corrected chi connectivity index (χ0v) is 14.8. The third-order valence-electron chi connectivity index (χ3n) is 3.87. The van der Waals surface area contributed by atoms with E-state index in [4.69, 9.17) is 31.5 Å². The molecule has 0 fully saturated rings. The zero-order valence-electron chi connectivity index (χ0n) is 14.0. The maximum atomic E-state index is 12.2. The van der Waals surface area contributed by atoms with Crippen LogP contribution >= 0.6 is 11.6 Å². The fourth-order valence-corrected chi connectivity index (χ4v) is 3.09. The van der Waals surface area contributed by atoms with Crippen molar-refractivity contribution in [2.75, 3.05) is 38.5 Å². The number of carbonyl (C=O) groups excluding carboxylic acids is 1. The lowest BCUT2D eigenvalue weighted by atomic mass is 10.1. The van der Waals surface area contributed by atoms with E-state index in [9.17, 15) is 4.79 Å². The number of carbonyl (C=O) groups is 1. The minimum absolute atomic E-state index is 0.0216. The van der Waals surface area contributed by atoms with Crippen LogP contribution in [0.1, 0.15) is 15.9 Å². The first-order chi connectivity index (χ1) is 12.0. The topological polar surface area (TPSA) is 99.8 Å². The highest BCUT2D eigenvalue weighted by Gasteiger charge is 2.32. The van der Waals surface area contributed by atoms with Gasteiger partial charge in [-0.15, -0.1) is 0 Å². The van der Waals surface area contributed by atoms with Crippen molar-refractivity contribution >= 4 is 29.2 Å². The van der Waals surface area contributed by atoms with E-state index in [1.54, 1.807) is 19.1 Å². The van der Waals surface area contributed by atoms with Crippen LogP contribution in [0, 0.1) is 0 Å². The molecule has 0 amide bonds. The van der Waals surface area contributed by atoms with E-state index in [1.165, 1.54) is 7.11 Å². The van der Waals surface area contributed by atoms with E-state index in [-0.39, 0.29) is 23.4 Å². The SMILES string of the molecule is COc1cc(CN2CC(=O)c3c(Cl)nc(N)nc32)cc(OC)c1OC. The molecule has 1 aromatic heterocycles. The van der Waals surface area contributed by atoms with Gasteiger partial charge in [0.1, 0.15) is 11.0 Å². The van der Waals surface area contributed by atoms with Crippen LogP contribution < -0.4 is 24.8 Å². The average molecular weight is 365 g/mol. The summed E-state index contributed by atoms with van der Waals surface area (Å²) in [5.41, 5.74) is 6.81. The van der Waals surface area contributed by atoms with E-state index in [2.05, 4.69) is 9.97 Å². The summed E-state index contributed by atoms with van der Waals surface area (Å²) in [6.45, 7) is 0.534. The van der Waals surface area contributed by atoms with E-state index in [0.29, 0.717) is 35.2 Å². The second-order valence-corrected chi connectivity index (χ2v) is 5.74. The van der Waals surface area contributed by atoms with Gasteiger partial charge in [0.2, 0.25) is 11.7 Å². The van der Waals surface area contributed by atoms with E-state index in [0.717, 1.165) is 5.56 Å². The minimum atomic E-state index is -0.146. The molecule has 0 spiro atoms. The molecule has 0 radical (unpaired) electrons. The summed E-state index contributed by atoms with van der Waals surface area (Å²) in [7, 11) is 4.63. The molecule has 0 bridgehead atoms. The Morgan fingerprint density at radius 1 is 1.16 bits per heavy atom. The van der Waals surface area contributed by atoms with Crippen molar-refractivity contribution in [2.45, 2.75) is 6.54 Å². The molecule has 0 saturated heterocycles. The predicted molar refractivity (Wildman–Crippen MR) is 92.9 cm³/mol. The largest absolute Gasteiger partial charge is 0.493 e. The Bertz CT molecular complexity index is 818. The summed E-state index contributed by atoms with van der Waals surface area (Å²) < 4.78 is 16.0. The third kappa shape index (κ3) is 3.00. The van der Waals surface area contributed by atoms with Crippen molar-refractivity contribution in [1.29, 1.82) is 0 Å². The third-order valence-corrected chi connectivity index (χ3v) is 4.15. The molecule has 1 aromatic carbocycles. The Kier molecular flexibility index (Phi) is 4.54. The van der Waals surface area contributed by atoms with Gasteiger partial charge >= 0.3 is 0 Å². The lowest BCUT2D eigenvalue weighted by Gasteiger charge is -2.20. The van der Waals surface area contributed by atoms with Crippen LogP contribution in [0.15, 0.2) is 12.1 Å². The molecule has 0 saturated carbocycles. The second-order valence-electron chi connectivity index (χ2n) is 5.38. The smallest absolute Gasteiger partial charge is 0.223 e. The molecule has 1 aliphatic rings. The number of rotatable bonds is 5. The Balaban J connectivity index is 1.99. The maximum Gasteiger partial charge on any atom is 0.223 e. The molecular formula is C16H17ClN4O4. The molecule has 25 heavy (non-hydrogen) atoms. The number of halogens is 1. The second kappa shape index (κ2) is 6.64. The number of ketones is 1. The molecule has 2 heterocycles. The lowest BCUT2D eigenvalue weighted by Crippen LogP contribution is -2.22. The minimum Gasteiger partial charge on any atom is -0.493 e. The summed E-state index contributed by atoms with van der Waals surface area (Å²) in [6, 6.07) is 3.63. The number of hydrogen-bond acceptors (Lipinski definition) is 8. The molecule has 0 atom stereocenters. The number of hydrogen-bond donors (Lipinski definition) is 1. The van der Waals surface area contributed by atoms with Gasteiger partial charge in [0.05, 0.1) is 33.4 Å². The number of ether oxygens (including phenoxy) is 3. The van der Waals surface area contributed by atoms with Gasteiger partial charge < -0.3 is 24.8 Å². The molecule has 0 unspecified atom stereocenters. The van der Waals surface area contributed by atoms with Gasteiger partial charge in [-0.2, -0.15) is 4.98 Å². The average Bonchev–Trinajstić information content (AvgIpc) is 2.89. The Morgan fingerprint density at radius 3 is 2.36 bits per heavy atom. The van der Waals surface area contributed by atoms with Crippen molar-refractivity contribution in [1.82, 2.24) is 9.97 Å². The molecule has 0 aliphatic carbocycles. The Labute approximate surface area is 149 Å². The first kappa shape index (κ1) is 17.1. The van der Waals surface area contributed by atoms with Crippen LogP contribution in [0.5, 0.6) is 17.2 Å². The predicted octanol–water partition coefficient (Wildman–Crippen LogP) is 1.94. The first-order valence-electron chi connectivity index (χ1n) is 7.38. The molecule has 3 rings (SSSR count). The van der Waals surface area contributed by atoms with Crippen LogP contribution in [0.2, 0.25) is 5.15 Å². The fourth-order valence-electron chi connectivity index (χ4n) is 2.81. The van der Waals surface area contributed by atoms with Gasteiger partial charge in [-0.1, -0.05) is 11.6 Å². The highest BCUT2D eigenvalue weighted by molar-refractivity contribution is 6.34. The quantitative estimate of drug-likeness (QED) is 0.803. The summed E-state index contributed by atoms with van der Waals surface area (Å²) >= 11 is 6.04. The molecule has 8 nitrogen and oxygen atoms in total. The van der Waals surface area contributed by atoms with Gasteiger partial charge in [-0.05, 0) is 17.7 Å². The lowest BCUT2D eigenvalue weighted by molar-refractivity contribution is 0.101. The number of anilines is 2. The summed E-state index contributed by atoms with van der Waals surface area (Å²) in [5.74, 6) is 1.86. The van der Waals surface area contributed by atoms with Crippen molar-refractivity contribution in [3.05, 3.63) is 28.4 Å². The summed E-state index contributed by atoms with van der Waals surface area (Å²) in [5, 5.41) is 0.0693. The standard InChI is InChI=1S/C16H17ClN4O4/c1-23-10-4-8(5-11(24-2)13(10)25-3)6-21-7-9(22)12-14(17)19-16(18)20-15(12)21/h4-5H,6-7H2,1-3H3,(H2,18,19,20). The fraction of sp³-hybridized carbons (Fsp3) is 0.312. The zero-order chi connectivity index (χ0) is 18.1. The molecule has 9 heteroatoms. The number of nitrogen functional groups attached to an aromatic ring is 1. The Hall–Kier alpha value is -2.74. The summed E-state index contributed by atoms with van der Waals surface area (Å²) in [6.07, 6.45) is 0. The van der Waals surface area contributed by atoms with Gasteiger partial charge in [-0.3, -0.25) is 4.79 Å². The Morgan fingerprint density at radius 2 is 1.80 bits per heavy atom. The van der Waals surface area contributed by atoms with Gasteiger partial charge in [0, 0.05) is 6.54 Å². The number of aromatic nitrogens is 2. The number of nitrogens with two attached hydrogens (primary N) is 1. The van der Waals surface area contributed by atoms with Crippen molar-refractivity contribution < 1.29 is 19.0 Å². The van der Waals surface area contributed by atoms with Crippen molar-refractivity contribution in [3.63, 3.8) is 0 Å². The monoisotopic (exact) mass is 364 g/mol. The molecular weight excluding hydrogens is 348 g/mol. The highest BCUT2D eigenvalue weighted by Crippen LogP contribution is 2.39. The highest BCUT2D eigenvalue weighted by atomic mass is 35.5. The van der Waals surface area contributed by atoms with Crippen LogP contribution in [-0.4, -0.2) is 43.6 Å². The van der Waals surface area contributed by atoms with Gasteiger partial charge in [0.15, 0.2) is 17.3 Å². The van der Waals surface area contributed by atoms with E-state index >= 15 is 0 Å². The first-order valence-corrected chi connectivity index (χ1v) is 7.76. The van der Waals surface area contributed by atoms with Gasteiger partial charge in [0.25, 0.3) is 0 Å². The van der Waals surface area contributed by atoms with E-state index < -0.39 is 0 Å². The number of methoxy groups -OCH3 is 3. The summed E-state index contributed by atoms with van der Waals surface area (Å²) in [4.78, 5) is 22.0. The maximum absolute atomic E-state index is 12.2. The molecule has 2 aromatic rings. The van der Waals surface area contributed by atoms with Crippen LogP contribution in [0.4, 0.5) is 11.8 Å². The number of fused-ring (bicyclic) bond motifs is 1. The normalized spacial score (nSPS) is 13.0. The van der Waals surface area contributed by atoms with Crippen LogP contribution in [0.3, 0.4) is 0 Å². The number of Topliss-reactive ketones (excluding diaryl/α,β-unsaturated/α-hetero) is 1. The van der Waals surface area contributed by atoms with E-state index in [1.807, 2.05) is 12.1 Å². The molecule has 132 valence electrons. The number of benzene rings is 1. The van der Waals surface area contributed by atoms with Gasteiger partial charge in [-0.25, -0.2) is 4.98 Å².